The van der Waals surface area contributed by atoms with E-state index in [0.717, 1.165) is 0 Å². The van der Waals surface area contributed by atoms with Crippen molar-refractivity contribution in [3.63, 3.8) is 0 Å². The van der Waals surface area contributed by atoms with E-state index in [4.69, 9.17) is 15.6 Å². The fourth-order valence-electron chi connectivity index (χ4n) is 2.37. The third kappa shape index (κ3) is 2.46. The van der Waals surface area contributed by atoms with E-state index in [1.807, 2.05) is 0 Å². The molecule has 112 valence electrons. The molecule has 2 aromatic carbocycles. The number of hydrogen-bond donors (Lipinski definition) is 2. The molecular formula is C16H14N2O4. The van der Waals surface area contributed by atoms with E-state index in [1.54, 1.807) is 36.4 Å². The molecule has 0 saturated heterocycles. The van der Waals surface area contributed by atoms with E-state index < -0.39 is 5.97 Å². The molecule has 3 rings (SSSR count). The molecule has 6 heteroatoms. The van der Waals surface area contributed by atoms with Crippen LogP contribution in [0, 0.1) is 0 Å². The van der Waals surface area contributed by atoms with E-state index in [9.17, 15) is 9.59 Å². The first-order valence-corrected chi connectivity index (χ1v) is 6.76. The molecule has 0 fully saturated rings. The molecule has 0 radical (unpaired) electrons. The lowest BCUT2D eigenvalue weighted by atomic mass is 10.1. The van der Waals surface area contributed by atoms with Gasteiger partial charge in [0.15, 0.2) is 5.75 Å². The minimum absolute atomic E-state index is 0.0583. The predicted molar refractivity (Wildman–Crippen MR) is 81.3 cm³/mol. The summed E-state index contributed by atoms with van der Waals surface area (Å²) in [4.78, 5) is 25.0. The predicted octanol–water partition coefficient (Wildman–Crippen LogP) is 2.50. The third-order valence-electron chi connectivity index (χ3n) is 3.40. The summed E-state index contributed by atoms with van der Waals surface area (Å²) in [5.41, 5.74) is 7.06. The molecule has 0 atom stereocenters. The summed E-state index contributed by atoms with van der Waals surface area (Å²) in [5.74, 6) is -0.383. The normalized spacial score (nSPS) is 12.9. The molecule has 0 saturated carbocycles. The highest BCUT2D eigenvalue weighted by Crippen LogP contribution is 2.39. The number of carboxylic acids is 1. The number of nitrogens with zero attached hydrogens (tertiary/aromatic N) is 1. The highest BCUT2D eigenvalue weighted by Gasteiger charge is 2.28. The Labute approximate surface area is 126 Å². The first kappa shape index (κ1) is 13.9. The van der Waals surface area contributed by atoms with Gasteiger partial charge in [-0.1, -0.05) is 12.1 Å². The van der Waals surface area contributed by atoms with E-state index in [-0.39, 0.29) is 18.9 Å². The minimum atomic E-state index is -0.969. The van der Waals surface area contributed by atoms with E-state index in [1.165, 1.54) is 11.0 Å². The average molecular weight is 298 g/mol. The van der Waals surface area contributed by atoms with Crippen molar-refractivity contribution in [3.05, 3.63) is 48.0 Å². The van der Waals surface area contributed by atoms with Crippen LogP contribution in [0.4, 0.5) is 11.4 Å². The molecular weight excluding hydrogens is 284 g/mol. The second-order valence-electron chi connectivity index (χ2n) is 4.93. The van der Waals surface area contributed by atoms with Crippen LogP contribution in [0.15, 0.2) is 42.5 Å². The maximum absolute atomic E-state index is 12.8. The van der Waals surface area contributed by atoms with Crippen LogP contribution in [0.5, 0.6) is 11.5 Å². The summed E-state index contributed by atoms with van der Waals surface area (Å²) in [7, 11) is 0. The number of para-hydroxylation sites is 2. The number of nitrogen functional groups attached to an aromatic ring is 1. The molecule has 0 bridgehead atoms. The molecule has 1 amide bonds. The van der Waals surface area contributed by atoms with Crippen LogP contribution in [0.2, 0.25) is 0 Å². The number of fused-ring (bicyclic) bond motifs is 2. The summed E-state index contributed by atoms with van der Waals surface area (Å²) in [6, 6.07) is 11.9. The van der Waals surface area contributed by atoms with Crippen molar-refractivity contribution in [1.82, 2.24) is 0 Å². The van der Waals surface area contributed by atoms with Gasteiger partial charge < -0.3 is 20.5 Å². The van der Waals surface area contributed by atoms with Gasteiger partial charge in [-0.3, -0.25) is 9.59 Å². The Morgan fingerprint density at radius 2 is 1.95 bits per heavy atom. The van der Waals surface area contributed by atoms with Crippen LogP contribution in [-0.2, 0) is 4.79 Å². The van der Waals surface area contributed by atoms with Crippen LogP contribution >= 0.6 is 0 Å². The van der Waals surface area contributed by atoms with Gasteiger partial charge >= 0.3 is 5.97 Å². The maximum Gasteiger partial charge on any atom is 0.305 e. The zero-order chi connectivity index (χ0) is 15.7. The highest BCUT2D eigenvalue weighted by molar-refractivity contribution is 6.10. The van der Waals surface area contributed by atoms with Crippen molar-refractivity contribution in [2.75, 3.05) is 17.2 Å². The van der Waals surface area contributed by atoms with Gasteiger partial charge in [0.2, 0.25) is 0 Å². The van der Waals surface area contributed by atoms with Crippen LogP contribution in [0.25, 0.3) is 0 Å². The van der Waals surface area contributed by atoms with Gasteiger partial charge in [0, 0.05) is 12.2 Å². The molecule has 0 unspecified atom stereocenters. The van der Waals surface area contributed by atoms with Gasteiger partial charge in [-0.2, -0.15) is 0 Å². The minimum Gasteiger partial charge on any atom is -0.481 e. The van der Waals surface area contributed by atoms with Crippen molar-refractivity contribution in [2.45, 2.75) is 6.42 Å². The third-order valence-corrected chi connectivity index (χ3v) is 3.40. The number of aliphatic carboxylic acids is 1. The number of amides is 1. The van der Waals surface area contributed by atoms with Crippen molar-refractivity contribution in [2.24, 2.45) is 0 Å². The summed E-state index contributed by atoms with van der Waals surface area (Å²) in [6.45, 7) is 0.0583. The van der Waals surface area contributed by atoms with Gasteiger partial charge in [-0.25, -0.2) is 0 Å². The largest absolute Gasteiger partial charge is 0.481 e. The van der Waals surface area contributed by atoms with Crippen molar-refractivity contribution in [3.8, 4) is 11.5 Å². The van der Waals surface area contributed by atoms with Gasteiger partial charge in [0.1, 0.15) is 5.75 Å². The number of benzene rings is 2. The van der Waals surface area contributed by atoms with Crippen molar-refractivity contribution >= 4 is 23.3 Å². The molecule has 22 heavy (non-hydrogen) atoms. The summed E-state index contributed by atoms with van der Waals surface area (Å²) >= 11 is 0. The number of nitrogens with two attached hydrogens (primary N) is 1. The SMILES string of the molecule is Nc1ccc2c(c1)C(=O)N(CCC(=O)O)c1ccccc1O2. The van der Waals surface area contributed by atoms with Crippen LogP contribution < -0.4 is 15.4 Å². The average Bonchev–Trinajstić information content (AvgIpc) is 2.60. The monoisotopic (exact) mass is 298 g/mol. The smallest absolute Gasteiger partial charge is 0.305 e. The number of carbonyl (C=O) groups excluding carboxylic acids is 1. The number of rotatable bonds is 3. The summed E-state index contributed by atoms with van der Waals surface area (Å²) in [6.07, 6.45) is -0.155. The Hall–Kier alpha value is -3.02. The van der Waals surface area contributed by atoms with E-state index in [2.05, 4.69) is 0 Å². The quantitative estimate of drug-likeness (QED) is 0.849. The maximum atomic E-state index is 12.8. The second-order valence-corrected chi connectivity index (χ2v) is 4.93. The second kappa shape index (κ2) is 5.40. The Kier molecular flexibility index (Phi) is 3.42. The number of carbonyl (C=O) groups is 2. The lowest BCUT2D eigenvalue weighted by molar-refractivity contribution is -0.136. The Balaban J connectivity index is 2.11. The molecule has 0 aromatic heterocycles. The number of carboxylic acid groups (broad SMARTS) is 1. The van der Waals surface area contributed by atoms with E-state index in [0.29, 0.717) is 28.4 Å². The Bertz CT molecular complexity index is 758. The summed E-state index contributed by atoms with van der Waals surface area (Å²) < 4.78 is 5.80. The van der Waals surface area contributed by atoms with Gasteiger partial charge in [0.25, 0.3) is 5.91 Å². The first-order valence-electron chi connectivity index (χ1n) is 6.76. The van der Waals surface area contributed by atoms with Crippen LogP contribution in [0.1, 0.15) is 16.8 Å². The van der Waals surface area contributed by atoms with Crippen molar-refractivity contribution < 1.29 is 19.4 Å². The van der Waals surface area contributed by atoms with Gasteiger partial charge in [-0.05, 0) is 30.3 Å². The summed E-state index contributed by atoms with van der Waals surface area (Å²) in [5, 5.41) is 8.90. The standard InChI is InChI=1S/C16H14N2O4/c17-10-5-6-13-11(9-10)16(21)18(8-7-15(19)20)12-3-1-2-4-14(12)22-13/h1-6,9H,7-8,17H2,(H,19,20). The number of anilines is 2. The Morgan fingerprint density at radius 3 is 2.73 bits per heavy atom. The molecule has 0 spiro atoms. The fraction of sp³-hybridized carbons (Fsp3) is 0.125. The number of ether oxygens (including phenoxy) is 1. The molecule has 3 N–H and O–H groups in total. The zero-order valence-electron chi connectivity index (χ0n) is 11.7. The fourth-order valence-corrected chi connectivity index (χ4v) is 2.37. The van der Waals surface area contributed by atoms with Crippen LogP contribution in [0.3, 0.4) is 0 Å². The molecule has 0 aliphatic carbocycles. The number of hydrogen-bond acceptors (Lipinski definition) is 4. The molecule has 6 nitrogen and oxygen atoms in total. The molecule has 1 aliphatic rings. The molecule has 1 heterocycles. The molecule has 2 aromatic rings. The molecule has 1 aliphatic heterocycles. The lowest BCUT2D eigenvalue weighted by Gasteiger charge is -2.21. The van der Waals surface area contributed by atoms with Crippen molar-refractivity contribution in [1.29, 1.82) is 0 Å². The topological polar surface area (TPSA) is 92.9 Å². The van der Waals surface area contributed by atoms with Crippen LogP contribution in [-0.4, -0.2) is 23.5 Å². The Morgan fingerprint density at radius 1 is 1.18 bits per heavy atom. The van der Waals surface area contributed by atoms with Gasteiger partial charge in [0.05, 0.1) is 17.7 Å². The lowest BCUT2D eigenvalue weighted by Crippen LogP contribution is -2.32. The zero-order valence-corrected chi connectivity index (χ0v) is 11.7. The highest BCUT2D eigenvalue weighted by atomic mass is 16.5. The first-order chi connectivity index (χ1) is 10.6. The van der Waals surface area contributed by atoms with E-state index >= 15 is 0 Å². The van der Waals surface area contributed by atoms with Gasteiger partial charge in [-0.15, -0.1) is 0 Å².